The fraction of sp³-hybridized carbons (Fsp3) is 0.462. The monoisotopic (exact) mass is 298 g/mol. The van der Waals surface area contributed by atoms with E-state index in [0.29, 0.717) is 19.6 Å². The number of non-ortho nitro benzene ring substituents is 1. The van der Waals surface area contributed by atoms with Crippen LogP contribution in [-0.2, 0) is 4.74 Å². The van der Waals surface area contributed by atoms with Gasteiger partial charge in [0.05, 0.1) is 30.8 Å². The average Bonchev–Trinajstić information content (AvgIpc) is 2.49. The third-order valence-corrected chi connectivity index (χ3v) is 2.63. The highest BCUT2D eigenvalue weighted by Crippen LogP contribution is 2.23. The summed E-state index contributed by atoms with van der Waals surface area (Å²) in [6.45, 7) is 0.979. The summed E-state index contributed by atoms with van der Waals surface area (Å²) in [4.78, 5) is 22.2. The van der Waals surface area contributed by atoms with Crippen molar-refractivity contribution in [3.63, 3.8) is 0 Å². The van der Waals surface area contributed by atoms with Crippen LogP contribution in [0.25, 0.3) is 0 Å². The Morgan fingerprint density at radius 1 is 1.43 bits per heavy atom. The number of ether oxygens (including phenoxy) is 2. The van der Waals surface area contributed by atoms with Crippen LogP contribution in [-0.4, -0.2) is 49.4 Å². The number of carbonyl (C=O) groups excluding carboxylic acids is 1. The molecule has 0 aromatic heterocycles. The molecule has 0 atom stereocenters. The molecule has 1 aromatic rings. The van der Waals surface area contributed by atoms with Gasteiger partial charge in [-0.25, -0.2) is 0 Å². The Morgan fingerprint density at radius 2 is 2.19 bits per heavy atom. The fourth-order valence-corrected chi connectivity index (χ4v) is 1.62. The maximum Gasteiger partial charge on any atom is 0.270 e. The Kier molecular flexibility index (Phi) is 7.13. The van der Waals surface area contributed by atoms with Crippen molar-refractivity contribution in [3.8, 4) is 5.75 Å². The molecule has 0 aliphatic rings. The Bertz CT molecular complexity index is 492. The number of aliphatic hydroxyl groups excluding tert-OH is 1. The highest BCUT2D eigenvalue weighted by Gasteiger charge is 2.16. The molecule has 1 aromatic carbocycles. The van der Waals surface area contributed by atoms with E-state index < -0.39 is 10.8 Å². The molecule has 8 nitrogen and oxygen atoms in total. The summed E-state index contributed by atoms with van der Waals surface area (Å²) in [5.74, 6) is -0.174. The zero-order valence-electron chi connectivity index (χ0n) is 11.7. The van der Waals surface area contributed by atoms with Gasteiger partial charge in [-0.2, -0.15) is 0 Å². The van der Waals surface area contributed by atoms with Crippen LogP contribution in [0, 0.1) is 10.1 Å². The summed E-state index contributed by atoms with van der Waals surface area (Å²) < 4.78 is 10.1. The maximum atomic E-state index is 12.0. The first-order chi connectivity index (χ1) is 10.1. The standard InChI is InChI=1S/C13H18N2O6/c1-20-12-4-3-10(15(18)19)9-11(12)13(17)14-5-2-7-21-8-6-16/h3-4,9,16H,2,5-8H2,1H3,(H,14,17). The molecule has 0 heterocycles. The lowest BCUT2D eigenvalue weighted by Crippen LogP contribution is -2.26. The van der Waals surface area contributed by atoms with E-state index >= 15 is 0 Å². The second-order valence-electron chi connectivity index (χ2n) is 4.09. The van der Waals surface area contributed by atoms with E-state index in [2.05, 4.69) is 5.32 Å². The zero-order chi connectivity index (χ0) is 15.7. The largest absolute Gasteiger partial charge is 0.496 e. The van der Waals surface area contributed by atoms with Gasteiger partial charge in [0, 0.05) is 25.3 Å². The number of hydrogen-bond acceptors (Lipinski definition) is 6. The van der Waals surface area contributed by atoms with E-state index in [9.17, 15) is 14.9 Å². The second kappa shape index (κ2) is 8.88. The van der Waals surface area contributed by atoms with Crippen LogP contribution in [0.1, 0.15) is 16.8 Å². The molecule has 1 rings (SSSR count). The lowest BCUT2D eigenvalue weighted by Gasteiger charge is -2.09. The molecule has 2 N–H and O–H groups in total. The van der Waals surface area contributed by atoms with Crippen molar-refractivity contribution in [3.05, 3.63) is 33.9 Å². The Balaban J connectivity index is 2.59. The number of benzene rings is 1. The molecule has 21 heavy (non-hydrogen) atoms. The van der Waals surface area contributed by atoms with Crippen LogP contribution in [0.15, 0.2) is 18.2 Å². The van der Waals surface area contributed by atoms with Gasteiger partial charge in [-0.05, 0) is 12.5 Å². The summed E-state index contributed by atoms with van der Waals surface area (Å²) in [6, 6.07) is 3.84. The number of rotatable bonds is 9. The van der Waals surface area contributed by atoms with Gasteiger partial charge in [0.1, 0.15) is 5.75 Å². The number of hydrogen-bond donors (Lipinski definition) is 2. The van der Waals surface area contributed by atoms with Crippen LogP contribution < -0.4 is 10.1 Å². The number of nitrogens with one attached hydrogen (secondary N) is 1. The maximum absolute atomic E-state index is 12.0. The van der Waals surface area contributed by atoms with Crippen LogP contribution in [0.2, 0.25) is 0 Å². The third kappa shape index (κ3) is 5.36. The van der Waals surface area contributed by atoms with E-state index in [1.807, 2.05) is 0 Å². The summed E-state index contributed by atoms with van der Waals surface area (Å²) in [5.41, 5.74) is -0.0600. The molecule has 0 saturated heterocycles. The van der Waals surface area contributed by atoms with Gasteiger partial charge in [-0.15, -0.1) is 0 Å². The molecule has 0 unspecified atom stereocenters. The number of aliphatic hydroxyl groups is 1. The number of nitro groups is 1. The SMILES string of the molecule is COc1ccc([N+](=O)[O-])cc1C(=O)NCCCOCCO. The number of nitrogens with zero attached hydrogens (tertiary/aromatic N) is 1. The van der Waals surface area contributed by atoms with E-state index in [-0.39, 0.29) is 30.2 Å². The predicted octanol–water partition coefficient (Wildman–Crippen LogP) is 0.732. The molecule has 0 aliphatic heterocycles. The van der Waals surface area contributed by atoms with Crippen molar-refractivity contribution < 1.29 is 24.3 Å². The summed E-state index contributed by atoms with van der Waals surface area (Å²) >= 11 is 0. The van der Waals surface area contributed by atoms with Crippen molar-refractivity contribution in [1.82, 2.24) is 5.32 Å². The van der Waals surface area contributed by atoms with Crippen LogP contribution in [0.4, 0.5) is 5.69 Å². The topological polar surface area (TPSA) is 111 Å². The van der Waals surface area contributed by atoms with Gasteiger partial charge in [0.25, 0.3) is 11.6 Å². The summed E-state index contributed by atoms with van der Waals surface area (Å²) in [6.07, 6.45) is 0.572. The van der Waals surface area contributed by atoms with Crippen molar-refractivity contribution in [2.75, 3.05) is 33.5 Å². The Labute approximate surface area is 121 Å². The molecular formula is C13H18N2O6. The Morgan fingerprint density at radius 3 is 2.81 bits per heavy atom. The fourth-order valence-electron chi connectivity index (χ4n) is 1.62. The molecular weight excluding hydrogens is 280 g/mol. The molecule has 0 aliphatic carbocycles. The smallest absolute Gasteiger partial charge is 0.270 e. The molecule has 116 valence electrons. The van der Waals surface area contributed by atoms with Crippen molar-refractivity contribution >= 4 is 11.6 Å². The minimum atomic E-state index is -0.570. The van der Waals surface area contributed by atoms with Crippen LogP contribution in [0.5, 0.6) is 5.75 Å². The van der Waals surface area contributed by atoms with Gasteiger partial charge in [0.2, 0.25) is 0 Å². The number of amides is 1. The van der Waals surface area contributed by atoms with E-state index in [1.54, 1.807) is 0 Å². The molecule has 1 amide bonds. The number of carbonyl (C=O) groups is 1. The van der Waals surface area contributed by atoms with Crippen molar-refractivity contribution in [2.24, 2.45) is 0 Å². The van der Waals surface area contributed by atoms with E-state index in [1.165, 1.54) is 25.3 Å². The van der Waals surface area contributed by atoms with Crippen LogP contribution >= 0.6 is 0 Å². The molecule has 0 saturated carbocycles. The van der Waals surface area contributed by atoms with Gasteiger partial charge >= 0.3 is 0 Å². The van der Waals surface area contributed by atoms with E-state index in [0.717, 1.165) is 0 Å². The van der Waals surface area contributed by atoms with Crippen molar-refractivity contribution in [2.45, 2.75) is 6.42 Å². The first-order valence-corrected chi connectivity index (χ1v) is 6.39. The summed E-state index contributed by atoms with van der Waals surface area (Å²) in [5, 5.41) is 21.9. The summed E-state index contributed by atoms with van der Waals surface area (Å²) in [7, 11) is 1.39. The number of methoxy groups -OCH3 is 1. The lowest BCUT2D eigenvalue weighted by atomic mass is 10.1. The van der Waals surface area contributed by atoms with E-state index in [4.69, 9.17) is 14.6 Å². The molecule has 0 radical (unpaired) electrons. The highest BCUT2D eigenvalue weighted by molar-refractivity contribution is 5.97. The number of nitro benzene ring substituents is 1. The zero-order valence-corrected chi connectivity index (χ0v) is 11.7. The third-order valence-electron chi connectivity index (χ3n) is 2.63. The molecule has 0 bridgehead atoms. The van der Waals surface area contributed by atoms with Crippen LogP contribution in [0.3, 0.4) is 0 Å². The highest BCUT2D eigenvalue weighted by atomic mass is 16.6. The first kappa shape index (κ1) is 16.9. The molecule has 0 spiro atoms. The molecule has 0 fully saturated rings. The normalized spacial score (nSPS) is 10.2. The average molecular weight is 298 g/mol. The van der Waals surface area contributed by atoms with Gasteiger partial charge < -0.3 is 19.9 Å². The van der Waals surface area contributed by atoms with Crippen molar-refractivity contribution in [1.29, 1.82) is 0 Å². The first-order valence-electron chi connectivity index (χ1n) is 6.39. The quantitative estimate of drug-likeness (QED) is 0.395. The van der Waals surface area contributed by atoms with Gasteiger partial charge in [-0.3, -0.25) is 14.9 Å². The molecule has 8 heteroatoms. The minimum absolute atomic E-state index is 0.0444. The Hall–Kier alpha value is -2.19. The predicted molar refractivity (Wildman–Crippen MR) is 74.5 cm³/mol. The second-order valence-corrected chi connectivity index (χ2v) is 4.09. The lowest BCUT2D eigenvalue weighted by molar-refractivity contribution is -0.384. The minimum Gasteiger partial charge on any atom is -0.496 e. The van der Waals surface area contributed by atoms with Gasteiger partial charge in [0.15, 0.2) is 0 Å². The van der Waals surface area contributed by atoms with Gasteiger partial charge in [-0.1, -0.05) is 0 Å².